The average Bonchev–Trinajstić information content (AvgIpc) is 3.58. The molecule has 0 atom stereocenters. The Morgan fingerprint density at radius 1 is 0.972 bits per heavy atom. The van der Waals surface area contributed by atoms with Crippen molar-refractivity contribution in [2.24, 2.45) is 5.41 Å². The van der Waals surface area contributed by atoms with Crippen molar-refractivity contribution >= 4 is 29.5 Å². The van der Waals surface area contributed by atoms with Crippen LogP contribution in [0.15, 0.2) is 35.1 Å². The molecule has 0 radical (unpaired) electrons. The van der Waals surface area contributed by atoms with E-state index in [1.165, 1.54) is 19.1 Å². The molecule has 3 saturated carbocycles. The van der Waals surface area contributed by atoms with Crippen LogP contribution in [-0.2, 0) is 9.59 Å². The highest BCUT2D eigenvalue weighted by molar-refractivity contribution is 5.94. The Labute approximate surface area is 209 Å². The molecular weight excluding hydrogens is 462 g/mol. The molecule has 11 nitrogen and oxygen atoms in total. The molecule has 7 rings (SSSR count). The minimum absolute atomic E-state index is 0.118. The molecular formula is C25H31N7O4. The second-order valence-electron chi connectivity index (χ2n) is 10.5. The number of aromatic nitrogens is 2. The van der Waals surface area contributed by atoms with Gasteiger partial charge in [-0.05, 0) is 50.3 Å². The Hall–Kier alpha value is -3.63. The third kappa shape index (κ3) is 4.06. The van der Waals surface area contributed by atoms with E-state index in [1.54, 1.807) is 12.1 Å². The molecule has 3 amide bonds. The summed E-state index contributed by atoms with van der Waals surface area (Å²) < 4.78 is 5.03. The quantitative estimate of drug-likeness (QED) is 0.580. The molecule has 2 bridgehead atoms. The van der Waals surface area contributed by atoms with Crippen molar-refractivity contribution < 1.29 is 18.8 Å². The Balaban J connectivity index is 0.959. The first-order valence-electron chi connectivity index (χ1n) is 12.7. The fourth-order valence-corrected chi connectivity index (χ4v) is 6.20. The zero-order valence-corrected chi connectivity index (χ0v) is 20.2. The zero-order valence-electron chi connectivity index (χ0n) is 20.2. The monoisotopic (exact) mass is 493 g/mol. The maximum Gasteiger partial charge on any atom is 0.287 e. The molecule has 4 heterocycles. The van der Waals surface area contributed by atoms with Crippen molar-refractivity contribution in [2.75, 3.05) is 55.6 Å². The molecule has 2 aliphatic heterocycles. The highest BCUT2D eigenvalue weighted by atomic mass is 16.3. The molecule has 0 aromatic carbocycles. The van der Waals surface area contributed by atoms with Gasteiger partial charge in [-0.2, -0.15) is 4.98 Å². The first kappa shape index (κ1) is 22.8. The summed E-state index contributed by atoms with van der Waals surface area (Å²) in [5.74, 6) is 1.42. The fraction of sp³-hybridized carbons (Fsp3) is 0.560. The number of hydrogen-bond acceptors (Lipinski definition) is 8. The Morgan fingerprint density at radius 2 is 1.72 bits per heavy atom. The van der Waals surface area contributed by atoms with Crippen molar-refractivity contribution in [1.29, 1.82) is 0 Å². The van der Waals surface area contributed by atoms with E-state index < -0.39 is 5.91 Å². The third-order valence-corrected chi connectivity index (χ3v) is 7.95. The topological polar surface area (TPSA) is 124 Å². The third-order valence-electron chi connectivity index (χ3n) is 7.95. The van der Waals surface area contributed by atoms with Crippen LogP contribution in [0.25, 0.3) is 0 Å². The number of rotatable bonds is 7. The predicted molar refractivity (Wildman–Crippen MR) is 130 cm³/mol. The minimum Gasteiger partial charge on any atom is -0.459 e. The van der Waals surface area contributed by atoms with Crippen LogP contribution < -0.4 is 20.4 Å². The highest BCUT2D eigenvalue weighted by Crippen LogP contribution is 2.67. The van der Waals surface area contributed by atoms with Crippen LogP contribution in [-0.4, -0.2) is 83.9 Å². The number of nitrogens with zero attached hydrogens (tertiary/aromatic N) is 5. The van der Waals surface area contributed by atoms with Gasteiger partial charge in [0.05, 0.1) is 18.2 Å². The number of nitrogens with one attached hydrogen (secondary N) is 2. The van der Waals surface area contributed by atoms with Crippen LogP contribution >= 0.6 is 0 Å². The maximum atomic E-state index is 13.3. The van der Waals surface area contributed by atoms with E-state index in [1.807, 2.05) is 17.2 Å². The van der Waals surface area contributed by atoms with Gasteiger partial charge >= 0.3 is 0 Å². The van der Waals surface area contributed by atoms with Crippen molar-refractivity contribution in [1.82, 2.24) is 25.5 Å². The molecule has 5 aliphatic rings. The van der Waals surface area contributed by atoms with E-state index in [0.29, 0.717) is 32.4 Å². The molecule has 2 saturated heterocycles. The lowest BCUT2D eigenvalue weighted by Gasteiger charge is -2.70. The number of anilines is 2. The van der Waals surface area contributed by atoms with Crippen molar-refractivity contribution in [3.63, 3.8) is 0 Å². The van der Waals surface area contributed by atoms with Gasteiger partial charge in [0.25, 0.3) is 5.91 Å². The molecule has 2 aromatic rings. The molecule has 5 fully saturated rings. The van der Waals surface area contributed by atoms with Gasteiger partial charge in [-0.3, -0.25) is 14.4 Å². The van der Waals surface area contributed by atoms with Crippen molar-refractivity contribution in [2.45, 2.75) is 37.6 Å². The summed E-state index contributed by atoms with van der Waals surface area (Å²) in [7, 11) is 0. The number of amides is 3. The van der Waals surface area contributed by atoms with Crippen LogP contribution in [0.3, 0.4) is 0 Å². The first-order valence-corrected chi connectivity index (χ1v) is 12.7. The summed E-state index contributed by atoms with van der Waals surface area (Å²) in [6.45, 7) is 4.73. The molecule has 2 N–H and O–H groups in total. The zero-order chi connectivity index (χ0) is 24.8. The lowest BCUT2D eigenvalue weighted by molar-refractivity contribution is -0.193. The van der Waals surface area contributed by atoms with Crippen LogP contribution in [0.4, 0.5) is 11.8 Å². The van der Waals surface area contributed by atoms with Gasteiger partial charge in [0, 0.05) is 51.0 Å². The molecule has 0 spiro atoms. The SMILES string of the molecule is O=C(CNC(=O)c1ccco1)NC12CC(C(=O)N3CCN(c4ccnc(N5CCCC5)n4)CC3)(C1)C2. The predicted octanol–water partition coefficient (Wildman–Crippen LogP) is 0.787. The molecule has 2 aromatic heterocycles. The van der Waals surface area contributed by atoms with E-state index in [0.717, 1.165) is 37.9 Å². The molecule has 36 heavy (non-hydrogen) atoms. The van der Waals surface area contributed by atoms with Crippen molar-refractivity contribution in [3.8, 4) is 0 Å². The van der Waals surface area contributed by atoms with E-state index in [-0.39, 0.29) is 35.1 Å². The average molecular weight is 494 g/mol. The highest BCUT2D eigenvalue weighted by Gasteiger charge is 2.72. The summed E-state index contributed by atoms with van der Waals surface area (Å²) in [6.07, 6.45) is 7.61. The Bertz CT molecular complexity index is 1130. The minimum atomic E-state index is -0.423. The second kappa shape index (κ2) is 8.79. The first-order chi connectivity index (χ1) is 17.5. The lowest BCUT2D eigenvalue weighted by Crippen LogP contribution is -2.79. The number of furan rings is 1. The van der Waals surface area contributed by atoms with E-state index in [4.69, 9.17) is 9.40 Å². The summed E-state index contributed by atoms with van der Waals surface area (Å²) in [6, 6.07) is 5.11. The standard InChI is InChI=1S/C25H31N7O4/c33-20(14-27-21(34)18-4-3-13-36-18)29-25-15-24(16-25,17-25)22(35)31-11-9-30(10-12-31)19-5-6-26-23(28-19)32-7-1-2-8-32/h3-6,13H,1-2,7-12,14-17H2,(H,27,34)(H,29,33). The summed E-state index contributed by atoms with van der Waals surface area (Å²) in [5.41, 5.74) is -0.651. The van der Waals surface area contributed by atoms with E-state index in [9.17, 15) is 14.4 Å². The van der Waals surface area contributed by atoms with Gasteiger partial charge in [-0.25, -0.2) is 4.98 Å². The largest absolute Gasteiger partial charge is 0.459 e. The van der Waals surface area contributed by atoms with E-state index >= 15 is 0 Å². The fourth-order valence-electron chi connectivity index (χ4n) is 6.20. The lowest BCUT2D eigenvalue weighted by atomic mass is 9.39. The number of hydrogen-bond donors (Lipinski definition) is 2. The summed E-state index contributed by atoms with van der Waals surface area (Å²) in [5, 5.41) is 5.57. The second-order valence-corrected chi connectivity index (χ2v) is 10.5. The van der Waals surface area contributed by atoms with Crippen LogP contribution in [0.5, 0.6) is 0 Å². The van der Waals surface area contributed by atoms with Gasteiger partial charge in [0.2, 0.25) is 17.8 Å². The van der Waals surface area contributed by atoms with Gasteiger partial charge in [-0.15, -0.1) is 0 Å². The molecule has 0 unspecified atom stereocenters. The number of carbonyl (C=O) groups excluding carboxylic acids is 3. The molecule has 11 heteroatoms. The number of piperazine rings is 1. The number of carbonyl (C=O) groups is 3. The van der Waals surface area contributed by atoms with E-state index in [2.05, 4.69) is 25.4 Å². The van der Waals surface area contributed by atoms with Crippen molar-refractivity contribution in [3.05, 3.63) is 36.4 Å². The Morgan fingerprint density at radius 3 is 2.42 bits per heavy atom. The van der Waals surface area contributed by atoms with Crippen LogP contribution in [0, 0.1) is 5.41 Å². The van der Waals surface area contributed by atoms with Gasteiger partial charge in [-0.1, -0.05) is 0 Å². The molecule has 190 valence electrons. The van der Waals surface area contributed by atoms with Crippen LogP contribution in [0.1, 0.15) is 42.7 Å². The van der Waals surface area contributed by atoms with Crippen LogP contribution in [0.2, 0.25) is 0 Å². The molecule has 3 aliphatic carbocycles. The summed E-state index contributed by atoms with van der Waals surface area (Å²) in [4.78, 5) is 53.2. The normalized spacial score (nSPS) is 26.7. The Kier molecular flexibility index (Phi) is 5.57. The van der Waals surface area contributed by atoms with Gasteiger partial charge in [0.15, 0.2) is 5.76 Å². The van der Waals surface area contributed by atoms with Gasteiger partial charge < -0.3 is 29.8 Å². The van der Waals surface area contributed by atoms with Gasteiger partial charge in [0.1, 0.15) is 5.82 Å². The maximum absolute atomic E-state index is 13.3. The smallest absolute Gasteiger partial charge is 0.287 e. The summed E-state index contributed by atoms with van der Waals surface area (Å²) >= 11 is 0.